The van der Waals surface area contributed by atoms with Crippen molar-refractivity contribution in [3.05, 3.63) is 65.7 Å². The Morgan fingerprint density at radius 3 is 2.59 bits per heavy atom. The molecule has 1 amide bonds. The number of benzene rings is 2. The minimum atomic E-state index is -3.56. The molecule has 1 saturated heterocycles. The molecule has 0 aromatic heterocycles. The summed E-state index contributed by atoms with van der Waals surface area (Å²) >= 11 is 0. The predicted octanol–water partition coefficient (Wildman–Crippen LogP) is 1.94. The summed E-state index contributed by atoms with van der Waals surface area (Å²) in [6, 6.07) is 16.5. The molecule has 0 spiro atoms. The molecule has 144 valence electrons. The molecule has 1 fully saturated rings. The van der Waals surface area contributed by atoms with Gasteiger partial charge in [-0.3, -0.25) is 9.69 Å². The average Bonchev–Trinajstić information content (AvgIpc) is 3.09. The van der Waals surface area contributed by atoms with E-state index in [0.717, 1.165) is 30.4 Å². The Hall–Kier alpha value is -2.22. The smallest absolute Gasteiger partial charge is 0.251 e. The van der Waals surface area contributed by atoms with E-state index in [2.05, 4.69) is 22.3 Å². The van der Waals surface area contributed by atoms with E-state index in [1.165, 1.54) is 31.8 Å². The molecule has 0 aliphatic carbocycles. The highest BCUT2D eigenvalue weighted by atomic mass is 32.2. The molecule has 0 unspecified atom stereocenters. The quantitative estimate of drug-likeness (QED) is 0.822. The third-order valence-electron chi connectivity index (χ3n) is 4.73. The summed E-state index contributed by atoms with van der Waals surface area (Å²) in [6.45, 7) is 2.58. The summed E-state index contributed by atoms with van der Waals surface area (Å²) < 4.78 is 25.7. The van der Waals surface area contributed by atoms with E-state index in [1.807, 2.05) is 18.2 Å². The average molecular weight is 388 g/mol. The summed E-state index contributed by atoms with van der Waals surface area (Å²) in [5.74, 6) is -0.239. The van der Waals surface area contributed by atoms with E-state index in [4.69, 9.17) is 0 Å². The van der Waals surface area contributed by atoms with Gasteiger partial charge in [-0.15, -0.1) is 0 Å². The van der Waals surface area contributed by atoms with Crippen LogP contribution in [0, 0.1) is 0 Å². The number of carbonyl (C=O) groups excluding carboxylic acids is 1. The number of rotatable bonds is 6. The Morgan fingerprint density at radius 2 is 1.89 bits per heavy atom. The molecule has 1 aliphatic heterocycles. The number of nitrogens with zero attached hydrogens (tertiary/aromatic N) is 2. The summed E-state index contributed by atoms with van der Waals surface area (Å²) in [5, 5.41) is 3.03. The maximum absolute atomic E-state index is 12.6. The topological polar surface area (TPSA) is 69.7 Å². The normalized spacial score (nSPS) is 18.0. The zero-order valence-corrected chi connectivity index (χ0v) is 16.4. The highest BCUT2D eigenvalue weighted by molar-refractivity contribution is 7.89. The largest absolute Gasteiger partial charge is 0.348 e. The standard InChI is InChI=1S/C20H25N3O3S/c1-22(2)27(25,26)19-10-6-9-17(13-19)20(24)21-18-11-12-23(15-18)14-16-7-4-3-5-8-16/h3-10,13,18H,11-12,14-15H2,1-2H3,(H,21,24)/t18-/m1/s1. The van der Waals surface area contributed by atoms with Crippen LogP contribution in [0.1, 0.15) is 22.3 Å². The Kier molecular flexibility index (Phi) is 5.94. The first kappa shape index (κ1) is 19.5. The monoisotopic (exact) mass is 387 g/mol. The van der Waals surface area contributed by atoms with Gasteiger partial charge in [0.05, 0.1) is 4.90 Å². The molecule has 1 heterocycles. The number of sulfonamides is 1. The predicted molar refractivity (Wildman–Crippen MR) is 105 cm³/mol. The molecule has 2 aromatic rings. The molecule has 0 bridgehead atoms. The van der Waals surface area contributed by atoms with Crippen LogP contribution in [0.2, 0.25) is 0 Å². The fourth-order valence-corrected chi connectivity index (χ4v) is 4.16. The summed E-state index contributed by atoms with van der Waals surface area (Å²) in [5.41, 5.74) is 1.62. The molecule has 1 N–H and O–H groups in total. The summed E-state index contributed by atoms with van der Waals surface area (Å²) in [4.78, 5) is 15.0. The van der Waals surface area contributed by atoms with Crippen molar-refractivity contribution in [2.45, 2.75) is 23.9 Å². The van der Waals surface area contributed by atoms with Gasteiger partial charge in [-0.05, 0) is 30.2 Å². The number of carbonyl (C=O) groups is 1. The third-order valence-corrected chi connectivity index (χ3v) is 6.54. The van der Waals surface area contributed by atoms with Crippen molar-refractivity contribution in [1.29, 1.82) is 0 Å². The molecule has 3 rings (SSSR count). The van der Waals surface area contributed by atoms with Crippen molar-refractivity contribution >= 4 is 15.9 Å². The van der Waals surface area contributed by atoms with Crippen LogP contribution < -0.4 is 5.32 Å². The first-order valence-electron chi connectivity index (χ1n) is 8.96. The van der Waals surface area contributed by atoms with Crippen LogP contribution in [0.15, 0.2) is 59.5 Å². The van der Waals surface area contributed by atoms with Gasteiger partial charge in [0, 0.05) is 45.3 Å². The Morgan fingerprint density at radius 1 is 1.15 bits per heavy atom. The molecule has 7 heteroatoms. The summed E-state index contributed by atoms with van der Waals surface area (Å²) in [7, 11) is -0.610. The zero-order chi connectivity index (χ0) is 19.4. The van der Waals surface area contributed by atoms with Gasteiger partial charge in [0.2, 0.25) is 10.0 Å². The van der Waals surface area contributed by atoms with Gasteiger partial charge < -0.3 is 5.32 Å². The molecule has 2 aromatic carbocycles. The van der Waals surface area contributed by atoms with E-state index in [0.29, 0.717) is 5.56 Å². The van der Waals surface area contributed by atoms with Crippen molar-refractivity contribution in [1.82, 2.24) is 14.5 Å². The Balaban J connectivity index is 1.61. The minimum absolute atomic E-state index is 0.0651. The van der Waals surface area contributed by atoms with Crippen molar-refractivity contribution in [2.24, 2.45) is 0 Å². The Labute approximate surface area is 160 Å². The second-order valence-corrected chi connectivity index (χ2v) is 9.15. The molecular weight excluding hydrogens is 362 g/mol. The number of nitrogens with one attached hydrogen (secondary N) is 1. The van der Waals surface area contributed by atoms with E-state index in [-0.39, 0.29) is 16.8 Å². The van der Waals surface area contributed by atoms with Crippen LogP contribution in [0.3, 0.4) is 0 Å². The van der Waals surface area contributed by atoms with Crippen LogP contribution in [-0.2, 0) is 16.6 Å². The number of hydrogen-bond donors (Lipinski definition) is 1. The molecule has 1 atom stereocenters. The Bertz CT molecular complexity index is 898. The minimum Gasteiger partial charge on any atom is -0.348 e. The maximum Gasteiger partial charge on any atom is 0.251 e. The molecule has 0 saturated carbocycles. The van der Waals surface area contributed by atoms with Crippen molar-refractivity contribution in [3.8, 4) is 0 Å². The van der Waals surface area contributed by atoms with E-state index < -0.39 is 10.0 Å². The second kappa shape index (κ2) is 8.21. The summed E-state index contributed by atoms with van der Waals surface area (Å²) in [6.07, 6.45) is 0.883. The highest BCUT2D eigenvalue weighted by Crippen LogP contribution is 2.17. The van der Waals surface area contributed by atoms with Gasteiger partial charge in [-0.25, -0.2) is 12.7 Å². The number of likely N-dealkylation sites (tertiary alicyclic amines) is 1. The van der Waals surface area contributed by atoms with Crippen LogP contribution in [0.4, 0.5) is 0 Å². The molecule has 6 nitrogen and oxygen atoms in total. The van der Waals surface area contributed by atoms with Gasteiger partial charge in [-0.1, -0.05) is 36.4 Å². The van der Waals surface area contributed by atoms with Crippen molar-refractivity contribution in [3.63, 3.8) is 0 Å². The van der Waals surface area contributed by atoms with Crippen molar-refractivity contribution < 1.29 is 13.2 Å². The van der Waals surface area contributed by atoms with Gasteiger partial charge in [0.1, 0.15) is 0 Å². The van der Waals surface area contributed by atoms with Gasteiger partial charge in [0.15, 0.2) is 0 Å². The van der Waals surface area contributed by atoms with E-state index >= 15 is 0 Å². The van der Waals surface area contributed by atoms with E-state index in [1.54, 1.807) is 12.1 Å². The zero-order valence-electron chi connectivity index (χ0n) is 15.6. The lowest BCUT2D eigenvalue weighted by atomic mass is 10.2. The van der Waals surface area contributed by atoms with Crippen LogP contribution >= 0.6 is 0 Å². The lowest BCUT2D eigenvalue weighted by Gasteiger charge is -2.17. The first-order chi connectivity index (χ1) is 12.9. The third kappa shape index (κ3) is 4.74. The number of amides is 1. The molecule has 27 heavy (non-hydrogen) atoms. The van der Waals surface area contributed by atoms with Crippen molar-refractivity contribution in [2.75, 3.05) is 27.2 Å². The lowest BCUT2D eigenvalue weighted by molar-refractivity contribution is 0.0937. The number of hydrogen-bond acceptors (Lipinski definition) is 4. The van der Waals surface area contributed by atoms with Gasteiger partial charge >= 0.3 is 0 Å². The van der Waals surface area contributed by atoms with Crippen LogP contribution in [-0.4, -0.2) is 56.8 Å². The van der Waals surface area contributed by atoms with Crippen LogP contribution in [0.25, 0.3) is 0 Å². The molecule has 0 radical (unpaired) electrons. The maximum atomic E-state index is 12.6. The van der Waals surface area contributed by atoms with E-state index in [9.17, 15) is 13.2 Å². The SMILES string of the molecule is CN(C)S(=O)(=O)c1cccc(C(=O)N[C@@H]2CCN(Cc3ccccc3)C2)c1. The van der Waals surface area contributed by atoms with Gasteiger partial charge in [0.25, 0.3) is 5.91 Å². The molecule has 1 aliphatic rings. The second-order valence-electron chi connectivity index (χ2n) is 7.00. The lowest BCUT2D eigenvalue weighted by Crippen LogP contribution is -2.37. The van der Waals surface area contributed by atoms with Gasteiger partial charge in [-0.2, -0.15) is 0 Å². The highest BCUT2D eigenvalue weighted by Gasteiger charge is 2.25. The molecular formula is C20H25N3O3S. The fourth-order valence-electron chi connectivity index (χ4n) is 3.21. The first-order valence-corrected chi connectivity index (χ1v) is 10.4. The van der Waals surface area contributed by atoms with Crippen LogP contribution in [0.5, 0.6) is 0 Å². The fraction of sp³-hybridized carbons (Fsp3) is 0.350.